The summed E-state index contributed by atoms with van der Waals surface area (Å²) in [5.74, 6) is 0.969. The zero-order valence-corrected chi connectivity index (χ0v) is 13.1. The van der Waals surface area contributed by atoms with E-state index < -0.39 is 5.54 Å². The third-order valence-corrected chi connectivity index (χ3v) is 3.83. The predicted molar refractivity (Wildman–Crippen MR) is 82.0 cm³/mol. The molecule has 0 saturated heterocycles. The van der Waals surface area contributed by atoms with Crippen LogP contribution < -0.4 is 15.8 Å². The van der Waals surface area contributed by atoms with Crippen LogP contribution in [0.1, 0.15) is 44.2 Å². The molecule has 0 aliphatic carbocycles. The van der Waals surface area contributed by atoms with Gasteiger partial charge in [0.1, 0.15) is 5.75 Å². The van der Waals surface area contributed by atoms with Crippen molar-refractivity contribution in [1.29, 1.82) is 0 Å². The highest BCUT2D eigenvalue weighted by Gasteiger charge is 2.28. The van der Waals surface area contributed by atoms with Gasteiger partial charge in [-0.1, -0.05) is 19.9 Å². The van der Waals surface area contributed by atoms with Crippen molar-refractivity contribution in [2.45, 2.75) is 45.6 Å². The van der Waals surface area contributed by atoms with Crippen LogP contribution in [0.5, 0.6) is 5.75 Å². The van der Waals surface area contributed by atoms with Crippen LogP contribution in [-0.2, 0) is 4.79 Å². The highest BCUT2D eigenvalue weighted by Crippen LogP contribution is 2.23. The van der Waals surface area contributed by atoms with Crippen LogP contribution in [-0.4, -0.2) is 25.1 Å². The highest BCUT2D eigenvalue weighted by molar-refractivity contribution is 5.84. The number of amides is 1. The van der Waals surface area contributed by atoms with E-state index in [0.29, 0.717) is 18.9 Å². The van der Waals surface area contributed by atoms with Gasteiger partial charge in [0.05, 0.1) is 12.1 Å². The molecule has 1 atom stereocenters. The Hall–Kier alpha value is -1.55. The van der Waals surface area contributed by atoms with Crippen LogP contribution in [0, 0.1) is 6.92 Å². The van der Waals surface area contributed by atoms with Crippen molar-refractivity contribution in [3.05, 3.63) is 29.3 Å². The minimum absolute atomic E-state index is 0.366. The van der Waals surface area contributed by atoms with Gasteiger partial charge in [-0.05, 0) is 50.1 Å². The van der Waals surface area contributed by atoms with Gasteiger partial charge in [0.25, 0.3) is 0 Å². The lowest BCUT2D eigenvalue weighted by Gasteiger charge is -2.25. The van der Waals surface area contributed by atoms with Crippen molar-refractivity contribution in [1.82, 2.24) is 5.32 Å². The fourth-order valence-electron chi connectivity index (χ4n) is 2.13. The molecule has 1 amide bonds. The number of hydrogen-bond acceptors (Lipinski definition) is 3. The zero-order chi connectivity index (χ0) is 15.3. The number of hydrogen-bond donors (Lipinski definition) is 2. The van der Waals surface area contributed by atoms with Crippen LogP contribution in [0.3, 0.4) is 0 Å². The largest absolute Gasteiger partial charge is 0.494 e. The first kappa shape index (κ1) is 16.5. The van der Waals surface area contributed by atoms with E-state index in [1.54, 1.807) is 14.0 Å². The lowest BCUT2D eigenvalue weighted by atomic mass is 9.97. The van der Waals surface area contributed by atoms with Crippen LogP contribution >= 0.6 is 0 Å². The molecule has 0 heterocycles. The molecule has 0 aliphatic rings. The summed E-state index contributed by atoms with van der Waals surface area (Å²) in [5.41, 5.74) is 7.21. The first-order valence-corrected chi connectivity index (χ1v) is 7.02. The van der Waals surface area contributed by atoms with Gasteiger partial charge < -0.3 is 15.8 Å². The number of likely N-dealkylation sites (N-methyl/N-ethyl adjacent to an activating group) is 1. The average molecular weight is 278 g/mol. The number of nitrogens with one attached hydrogen (secondary N) is 1. The fraction of sp³-hybridized carbons (Fsp3) is 0.562. The number of rotatable bonds is 7. The lowest BCUT2D eigenvalue weighted by Crippen LogP contribution is -2.52. The smallest absolute Gasteiger partial charge is 0.237 e. The van der Waals surface area contributed by atoms with Gasteiger partial charge >= 0.3 is 0 Å². The molecule has 0 aromatic heterocycles. The predicted octanol–water partition coefficient (Wildman–Crippen LogP) is 2.35. The first-order chi connectivity index (χ1) is 9.30. The monoisotopic (exact) mass is 278 g/mol. The second kappa shape index (κ2) is 6.75. The maximum absolute atomic E-state index is 11.4. The second-order valence-electron chi connectivity index (χ2n) is 5.72. The van der Waals surface area contributed by atoms with Gasteiger partial charge in [-0.25, -0.2) is 0 Å². The van der Waals surface area contributed by atoms with Gasteiger partial charge in [-0.2, -0.15) is 0 Å². The van der Waals surface area contributed by atoms with Crippen molar-refractivity contribution in [2.24, 2.45) is 5.73 Å². The summed E-state index contributed by atoms with van der Waals surface area (Å²) in [6, 6.07) is 6.11. The summed E-state index contributed by atoms with van der Waals surface area (Å²) < 4.78 is 5.72. The van der Waals surface area contributed by atoms with Gasteiger partial charge in [0.2, 0.25) is 5.91 Å². The molecule has 1 aromatic carbocycles. The Morgan fingerprint density at radius 1 is 1.45 bits per heavy atom. The molecule has 0 spiro atoms. The van der Waals surface area contributed by atoms with Gasteiger partial charge in [0.15, 0.2) is 0 Å². The summed E-state index contributed by atoms with van der Waals surface area (Å²) in [6.07, 6.45) is 0.532. The normalized spacial score (nSPS) is 14.1. The van der Waals surface area contributed by atoms with Gasteiger partial charge in [0, 0.05) is 6.42 Å². The Morgan fingerprint density at radius 3 is 2.55 bits per heavy atom. The molecule has 0 bridgehead atoms. The molecule has 112 valence electrons. The van der Waals surface area contributed by atoms with Crippen molar-refractivity contribution in [2.75, 3.05) is 13.7 Å². The van der Waals surface area contributed by atoms with Crippen LogP contribution in [0.4, 0.5) is 0 Å². The van der Waals surface area contributed by atoms with E-state index in [-0.39, 0.29) is 5.91 Å². The van der Waals surface area contributed by atoms with Crippen LogP contribution in [0.2, 0.25) is 0 Å². The Balaban J connectivity index is 2.63. The Bertz CT molecular complexity index is 472. The zero-order valence-electron chi connectivity index (χ0n) is 13.1. The number of ether oxygens (including phenoxy) is 1. The van der Waals surface area contributed by atoms with E-state index in [9.17, 15) is 4.79 Å². The second-order valence-corrected chi connectivity index (χ2v) is 5.72. The van der Waals surface area contributed by atoms with Crippen molar-refractivity contribution in [3.63, 3.8) is 0 Å². The third-order valence-electron chi connectivity index (χ3n) is 3.83. The molecule has 4 nitrogen and oxygen atoms in total. The summed E-state index contributed by atoms with van der Waals surface area (Å²) in [6.45, 7) is 8.66. The molecule has 0 fully saturated rings. The first-order valence-electron chi connectivity index (χ1n) is 7.02. The number of carbonyl (C=O) groups excluding carboxylic acids is 1. The van der Waals surface area contributed by atoms with E-state index in [4.69, 9.17) is 10.5 Å². The summed E-state index contributed by atoms with van der Waals surface area (Å²) in [4.78, 5) is 11.4. The summed E-state index contributed by atoms with van der Waals surface area (Å²) in [5, 5.41) is 2.95. The van der Waals surface area contributed by atoms with E-state index in [0.717, 1.165) is 5.75 Å². The van der Waals surface area contributed by atoms with Crippen LogP contribution in [0.25, 0.3) is 0 Å². The molecule has 1 rings (SSSR count). The molecule has 0 radical (unpaired) electrons. The number of aryl methyl sites for hydroxylation is 1. The highest BCUT2D eigenvalue weighted by atomic mass is 16.5. The Kier molecular flexibility index (Phi) is 5.57. The van der Waals surface area contributed by atoms with E-state index >= 15 is 0 Å². The average Bonchev–Trinajstić information content (AvgIpc) is 2.37. The topological polar surface area (TPSA) is 64.3 Å². The number of benzene rings is 1. The van der Waals surface area contributed by atoms with E-state index in [1.165, 1.54) is 11.1 Å². The quantitative estimate of drug-likeness (QED) is 0.804. The van der Waals surface area contributed by atoms with E-state index in [2.05, 4.69) is 32.2 Å². The van der Waals surface area contributed by atoms with E-state index in [1.807, 2.05) is 12.1 Å². The molecule has 1 aromatic rings. The van der Waals surface area contributed by atoms with Crippen molar-refractivity contribution in [3.8, 4) is 5.75 Å². The molecule has 20 heavy (non-hydrogen) atoms. The third kappa shape index (κ3) is 3.97. The van der Waals surface area contributed by atoms with Crippen molar-refractivity contribution < 1.29 is 9.53 Å². The Labute approximate surface area is 121 Å². The molecule has 0 aliphatic heterocycles. The molecule has 1 unspecified atom stereocenters. The number of primary amides is 1. The molecule has 4 heteroatoms. The molecular weight excluding hydrogens is 252 g/mol. The summed E-state index contributed by atoms with van der Waals surface area (Å²) in [7, 11) is 1.73. The SMILES string of the molecule is CNC(C)(CCOc1ccc(C(C)C)c(C)c1)C(N)=O. The minimum atomic E-state index is -0.729. The standard InChI is InChI=1S/C16H26N2O2/c1-11(2)14-7-6-13(10-12(14)3)20-9-8-16(4,18-5)15(17)19/h6-7,10-11,18H,8-9H2,1-5H3,(H2,17,19). The molecular formula is C16H26N2O2. The maximum atomic E-state index is 11.4. The fourth-order valence-corrected chi connectivity index (χ4v) is 2.13. The lowest BCUT2D eigenvalue weighted by molar-refractivity contribution is -0.124. The Morgan fingerprint density at radius 2 is 2.10 bits per heavy atom. The number of nitrogens with two attached hydrogens (primary N) is 1. The van der Waals surface area contributed by atoms with Gasteiger partial charge in [-0.3, -0.25) is 4.79 Å². The minimum Gasteiger partial charge on any atom is -0.494 e. The molecule has 0 saturated carbocycles. The maximum Gasteiger partial charge on any atom is 0.237 e. The van der Waals surface area contributed by atoms with Crippen molar-refractivity contribution >= 4 is 5.91 Å². The summed E-state index contributed by atoms with van der Waals surface area (Å²) >= 11 is 0. The molecule has 3 N–H and O–H groups in total. The van der Waals surface area contributed by atoms with Crippen LogP contribution in [0.15, 0.2) is 18.2 Å². The number of carbonyl (C=O) groups is 1. The van der Waals surface area contributed by atoms with Gasteiger partial charge in [-0.15, -0.1) is 0 Å².